The van der Waals surface area contributed by atoms with Crippen molar-refractivity contribution in [1.82, 2.24) is 19.7 Å². The second kappa shape index (κ2) is 11.1. The highest BCUT2D eigenvalue weighted by atomic mass is 32.2. The molecule has 6 nitrogen and oxygen atoms in total. The summed E-state index contributed by atoms with van der Waals surface area (Å²) < 4.78 is 40.3. The Bertz CT molecular complexity index is 1080. The Morgan fingerprint density at radius 3 is 2.29 bits per heavy atom. The molecule has 1 N–H and O–H groups in total. The van der Waals surface area contributed by atoms with Crippen molar-refractivity contribution in [2.75, 3.05) is 19.4 Å². The molecular formula is C24H28F3N5OS. The van der Waals surface area contributed by atoms with Crippen molar-refractivity contribution in [2.45, 2.75) is 49.4 Å². The predicted octanol–water partition coefficient (Wildman–Crippen LogP) is 5.48. The highest BCUT2D eigenvalue weighted by molar-refractivity contribution is 8.00. The number of carbonyl (C=O) groups is 1. The molecule has 1 amide bonds. The maximum absolute atomic E-state index is 12.8. The van der Waals surface area contributed by atoms with Gasteiger partial charge in [0.2, 0.25) is 5.91 Å². The minimum absolute atomic E-state index is 0.0573. The Labute approximate surface area is 201 Å². The lowest BCUT2D eigenvalue weighted by Gasteiger charge is -2.23. The van der Waals surface area contributed by atoms with Crippen LogP contribution in [0, 0.1) is 0 Å². The maximum atomic E-state index is 12.8. The first-order chi connectivity index (χ1) is 16.1. The molecule has 0 aliphatic rings. The van der Waals surface area contributed by atoms with Crippen LogP contribution < -0.4 is 5.32 Å². The lowest BCUT2D eigenvalue weighted by molar-refractivity contribution is -0.137. The van der Waals surface area contributed by atoms with E-state index in [0.29, 0.717) is 17.4 Å². The summed E-state index contributed by atoms with van der Waals surface area (Å²) in [5.74, 6) is 0.481. The summed E-state index contributed by atoms with van der Waals surface area (Å²) in [5, 5.41) is 11.6. The summed E-state index contributed by atoms with van der Waals surface area (Å²) in [7, 11) is 3.98. The number of amides is 1. The van der Waals surface area contributed by atoms with Gasteiger partial charge < -0.3 is 9.88 Å². The molecule has 0 fully saturated rings. The maximum Gasteiger partial charge on any atom is 0.416 e. The van der Waals surface area contributed by atoms with Crippen LogP contribution in [0.4, 0.5) is 18.9 Å². The van der Waals surface area contributed by atoms with Gasteiger partial charge in [0.05, 0.1) is 23.4 Å². The number of nitrogens with zero attached hydrogens (tertiary/aromatic N) is 4. The van der Waals surface area contributed by atoms with Crippen LogP contribution in [0.2, 0.25) is 0 Å². The molecule has 0 saturated carbocycles. The van der Waals surface area contributed by atoms with E-state index >= 15 is 0 Å². The van der Waals surface area contributed by atoms with Gasteiger partial charge in [0, 0.05) is 5.69 Å². The molecule has 1 aromatic heterocycles. The Hall–Kier alpha value is -2.85. The van der Waals surface area contributed by atoms with Gasteiger partial charge >= 0.3 is 6.18 Å². The molecule has 182 valence electrons. The molecular weight excluding hydrogens is 463 g/mol. The number of rotatable bonds is 9. The Morgan fingerprint density at radius 2 is 1.74 bits per heavy atom. The van der Waals surface area contributed by atoms with E-state index < -0.39 is 17.0 Å². The molecule has 0 spiro atoms. The number of nitrogens with one attached hydrogen (secondary N) is 1. The van der Waals surface area contributed by atoms with Crippen molar-refractivity contribution in [3.8, 4) is 0 Å². The second-order valence-electron chi connectivity index (χ2n) is 8.12. The molecule has 3 aromatic rings. The summed E-state index contributed by atoms with van der Waals surface area (Å²) in [5.41, 5.74) is 0.622. The summed E-state index contributed by atoms with van der Waals surface area (Å²) in [4.78, 5) is 14.8. The van der Waals surface area contributed by atoms with Crippen LogP contribution in [0.5, 0.6) is 0 Å². The Morgan fingerprint density at radius 1 is 1.09 bits per heavy atom. The SMILES string of the molecule is CCC(c1nnc(SC(C)C(=O)Nc2ccc(C(F)(F)F)cc2)n1Cc1ccccc1)N(C)C. The smallest absolute Gasteiger partial charge is 0.325 e. The summed E-state index contributed by atoms with van der Waals surface area (Å²) in [6.45, 7) is 4.37. The fourth-order valence-corrected chi connectivity index (χ4v) is 4.38. The van der Waals surface area contributed by atoms with Crippen molar-refractivity contribution in [2.24, 2.45) is 0 Å². The molecule has 1 heterocycles. The lowest BCUT2D eigenvalue weighted by atomic mass is 10.2. The van der Waals surface area contributed by atoms with Crippen LogP contribution in [0.15, 0.2) is 59.8 Å². The first-order valence-electron chi connectivity index (χ1n) is 10.9. The highest BCUT2D eigenvalue weighted by Gasteiger charge is 2.30. The van der Waals surface area contributed by atoms with E-state index in [1.807, 2.05) is 49.0 Å². The summed E-state index contributed by atoms with van der Waals surface area (Å²) in [6.07, 6.45) is -3.58. The first-order valence-corrected chi connectivity index (χ1v) is 11.8. The minimum atomic E-state index is -4.42. The fraction of sp³-hybridized carbons (Fsp3) is 0.375. The van der Waals surface area contributed by atoms with Gasteiger partial charge in [-0.3, -0.25) is 9.69 Å². The van der Waals surface area contributed by atoms with E-state index in [1.165, 1.54) is 23.9 Å². The molecule has 2 unspecified atom stereocenters. The average molecular weight is 492 g/mol. The van der Waals surface area contributed by atoms with Gasteiger partial charge in [-0.15, -0.1) is 10.2 Å². The molecule has 0 bridgehead atoms. The van der Waals surface area contributed by atoms with E-state index in [-0.39, 0.29) is 11.9 Å². The molecule has 0 aliphatic heterocycles. The number of aromatic nitrogens is 3. The number of benzene rings is 2. The minimum Gasteiger partial charge on any atom is -0.325 e. The number of alkyl halides is 3. The van der Waals surface area contributed by atoms with Crippen LogP contribution in [0.25, 0.3) is 0 Å². The van der Waals surface area contributed by atoms with E-state index in [4.69, 9.17) is 0 Å². The number of halogens is 3. The van der Waals surface area contributed by atoms with Gasteiger partial charge in [0.25, 0.3) is 0 Å². The molecule has 10 heteroatoms. The van der Waals surface area contributed by atoms with Gasteiger partial charge in [0.15, 0.2) is 11.0 Å². The van der Waals surface area contributed by atoms with Gasteiger partial charge in [-0.25, -0.2) is 0 Å². The molecule has 2 atom stereocenters. The van der Waals surface area contributed by atoms with Crippen LogP contribution in [-0.2, 0) is 17.5 Å². The van der Waals surface area contributed by atoms with E-state index in [2.05, 4.69) is 27.3 Å². The van der Waals surface area contributed by atoms with Crippen LogP contribution in [0.3, 0.4) is 0 Å². The Kier molecular flexibility index (Phi) is 8.37. The van der Waals surface area contributed by atoms with Crippen LogP contribution in [0.1, 0.15) is 43.3 Å². The number of thioether (sulfide) groups is 1. The van der Waals surface area contributed by atoms with Gasteiger partial charge in [0.1, 0.15) is 0 Å². The normalized spacial score (nSPS) is 13.6. The van der Waals surface area contributed by atoms with E-state index in [0.717, 1.165) is 29.9 Å². The van der Waals surface area contributed by atoms with Gasteiger partial charge in [-0.1, -0.05) is 49.0 Å². The molecule has 34 heavy (non-hydrogen) atoms. The number of carbonyl (C=O) groups excluding carboxylic acids is 1. The fourth-order valence-electron chi connectivity index (χ4n) is 3.53. The van der Waals surface area contributed by atoms with Crippen molar-refractivity contribution in [3.05, 3.63) is 71.5 Å². The van der Waals surface area contributed by atoms with Gasteiger partial charge in [-0.05, 0) is 57.3 Å². The third-order valence-corrected chi connectivity index (χ3v) is 6.45. The highest BCUT2D eigenvalue weighted by Crippen LogP contribution is 2.31. The van der Waals surface area contributed by atoms with Crippen LogP contribution >= 0.6 is 11.8 Å². The van der Waals surface area contributed by atoms with Gasteiger partial charge in [-0.2, -0.15) is 13.2 Å². The van der Waals surface area contributed by atoms with Crippen molar-refractivity contribution >= 4 is 23.4 Å². The van der Waals surface area contributed by atoms with Crippen molar-refractivity contribution in [3.63, 3.8) is 0 Å². The largest absolute Gasteiger partial charge is 0.416 e. The predicted molar refractivity (Wildman–Crippen MR) is 128 cm³/mol. The van der Waals surface area contributed by atoms with E-state index in [9.17, 15) is 18.0 Å². The quantitative estimate of drug-likeness (QED) is 0.402. The van der Waals surface area contributed by atoms with Crippen molar-refractivity contribution in [1.29, 1.82) is 0 Å². The third kappa shape index (κ3) is 6.38. The monoisotopic (exact) mass is 491 g/mol. The number of hydrogen-bond acceptors (Lipinski definition) is 5. The van der Waals surface area contributed by atoms with E-state index in [1.54, 1.807) is 6.92 Å². The first kappa shape index (κ1) is 25.8. The number of anilines is 1. The zero-order valence-corrected chi connectivity index (χ0v) is 20.3. The summed E-state index contributed by atoms with van der Waals surface area (Å²) >= 11 is 1.26. The molecule has 0 saturated heterocycles. The van der Waals surface area contributed by atoms with Crippen LogP contribution in [-0.4, -0.2) is 44.9 Å². The zero-order valence-electron chi connectivity index (χ0n) is 19.5. The summed E-state index contributed by atoms with van der Waals surface area (Å²) in [6, 6.07) is 14.4. The molecule has 3 rings (SSSR count). The number of hydrogen-bond donors (Lipinski definition) is 1. The molecule has 0 aliphatic carbocycles. The standard InChI is InChI=1S/C24H28F3N5OS/c1-5-20(31(3)4)21-29-30-23(32(21)15-17-9-7-6-8-10-17)34-16(2)22(33)28-19-13-11-18(12-14-19)24(25,26)27/h6-14,16,20H,5,15H2,1-4H3,(H,28,33). The molecule has 2 aromatic carbocycles. The van der Waals surface area contributed by atoms with Crippen molar-refractivity contribution < 1.29 is 18.0 Å². The molecule has 0 radical (unpaired) electrons. The topological polar surface area (TPSA) is 63.1 Å². The zero-order chi connectivity index (χ0) is 24.9. The average Bonchev–Trinajstić information content (AvgIpc) is 3.16. The third-order valence-electron chi connectivity index (χ3n) is 5.37. The Balaban J connectivity index is 1.79. The lowest BCUT2D eigenvalue weighted by Crippen LogP contribution is -2.25. The second-order valence-corrected chi connectivity index (χ2v) is 9.43.